The largest absolute Gasteiger partial charge is 0.298 e. The molecule has 0 fully saturated rings. The number of para-hydroxylation sites is 2. The Kier molecular flexibility index (Phi) is 4.09. The second-order valence-electron chi connectivity index (χ2n) is 4.84. The zero-order chi connectivity index (χ0) is 17.3. The molecule has 2 aromatic carbocycles. The number of nitro benzene ring substituents is 1. The number of halogens is 2. The highest BCUT2D eigenvalue weighted by atomic mass is 35.5. The molecule has 0 saturated heterocycles. The lowest BCUT2D eigenvalue weighted by molar-refractivity contribution is -0.384. The standard InChI is InChI=1S/C16H9ClFN3O3/c17-16-12(9-22)15(10-4-3-5-11(18)8-10)19-20(16)13-6-1-2-7-14(13)21(23)24/h1-9H. The maximum absolute atomic E-state index is 13.4. The molecule has 0 aliphatic heterocycles. The number of benzene rings is 2. The molecule has 0 unspecified atom stereocenters. The van der Waals surface area contributed by atoms with Crippen LogP contribution >= 0.6 is 11.6 Å². The summed E-state index contributed by atoms with van der Waals surface area (Å²) in [4.78, 5) is 22.0. The van der Waals surface area contributed by atoms with E-state index in [2.05, 4.69) is 5.10 Å². The van der Waals surface area contributed by atoms with Gasteiger partial charge < -0.3 is 0 Å². The van der Waals surface area contributed by atoms with E-state index < -0.39 is 10.7 Å². The Hall–Kier alpha value is -3.06. The topological polar surface area (TPSA) is 78.0 Å². The smallest absolute Gasteiger partial charge is 0.294 e. The van der Waals surface area contributed by atoms with Gasteiger partial charge in [0.05, 0.1) is 10.5 Å². The molecule has 120 valence electrons. The summed E-state index contributed by atoms with van der Waals surface area (Å²) in [6.45, 7) is 0. The Balaban J connectivity index is 2.26. The van der Waals surface area contributed by atoms with Crippen molar-refractivity contribution < 1.29 is 14.1 Å². The van der Waals surface area contributed by atoms with Crippen molar-refractivity contribution in [2.24, 2.45) is 0 Å². The van der Waals surface area contributed by atoms with Crippen LogP contribution in [0.5, 0.6) is 0 Å². The molecule has 0 amide bonds. The van der Waals surface area contributed by atoms with E-state index in [1.54, 1.807) is 12.1 Å². The molecule has 0 aliphatic carbocycles. The molecule has 24 heavy (non-hydrogen) atoms. The van der Waals surface area contributed by atoms with Crippen LogP contribution in [0.1, 0.15) is 10.4 Å². The number of aromatic nitrogens is 2. The Morgan fingerprint density at radius 3 is 2.62 bits per heavy atom. The third kappa shape index (κ3) is 2.65. The first kappa shape index (κ1) is 15.8. The molecule has 0 bridgehead atoms. The van der Waals surface area contributed by atoms with Crippen molar-refractivity contribution in [2.45, 2.75) is 0 Å². The van der Waals surface area contributed by atoms with Gasteiger partial charge in [0.15, 0.2) is 6.29 Å². The van der Waals surface area contributed by atoms with Crippen molar-refractivity contribution in [2.75, 3.05) is 0 Å². The van der Waals surface area contributed by atoms with Crippen LogP contribution in [0.2, 0.25) is 5.15 Å². The van der Waals surface area contributed by atoms with Gasteiger partial charge in [-0.05, 0) is 18.2 Å². The van der Waals surface area contributed by atoms with Crippen LogP contribution in [-0.4, -0.2) is 21.0 Å². The normalized spacial score (nSPS) is 10.6. The average molecular weight is 346 g/mol. The number of nitrogens with zero attached hydrogens (tertiary/aromatic N) is 3. The van der Waals surface area contributed by atoms with E-state index in [0.717, 1.165) is 4.68 Å². The fraction of sp³-hybridized carbons (Fsp3) is 0. The zero-order valence-electron chi connectivity index (χ0n) is 12.0. The van der Waals surface area contributed by atoms with Crippen molar-refractivity contribution in [1.29, 1.82) is 0 Å². The third-order valence-electron chi connectivity index (χ3n) is 3.39. The van der Waals surface area contributed by atoms with Gasteiger partial charge in [0, 0.05) is 11.6 Å². The van der Waals surface area contributed by atoms with Gasteiger partial charge in [0.1, 0.15) is 22.4 Å². The van der Waals surface area contributed by atoms with Crippen molar-refractivity contribution in [1.82, 2.24) is 9.78 Å². The summed E-state index contributed by atoms with van der Waals surface area (Å²) < 4.78 is 14.5. The predicted molar refractivity (Wildman–Crippen MR) is 86.0 cm³/mol. The number of hydrogen-bond acceptors (Lipinski definition) is 4. The summed E-state index contributed by atoms with van der Waals surface area (Å²) in [6.07, 6.45) is 0.487. The number of carbonyl (C=O) groups excluding carboxylic acids is 1. The molecule has 0 saturated carbocycles. The highest BCUT2D eigenvalue weighted by molar-refractivity contribution is 6.32. The molecule has 0 spiro atoms. The number of nitro groups is 1. The molecule has 0 N–H and O–H groups in total. The van der Waals surface area contributed by atoms with Gasteiger partial charge in [-0.3, -0.25) is 14.9 Å². The van der Waals surface area contributed by atoms with E-state index in [9.17, 15) is 19.3 Å². The quantitative estimate of drug-likeness (QED) is 0.406. The van der Waals surface area contributed by atoms with Crippen molar-refractivity contribution >= 4 is 23.6 Å². The molecule has 1 aromatic heterocycles. The number of hydrogen-bond donors (Lipinski definition) is 0. The maximum atomic E-state index is 13.4. The molecular weight excluding hydrogens is 337 g/mol. The van der Waals surface area contributed by atoms with Crippen molar-refractivity contribution in [3.8, 4) is 16.9 Å². The molecule has 3 rings (SSSR count). The van der Waals surface area contributed by atoms with E-state index in [-0.39, 0.29) is 27.8 Å². The van der Waals surface area contributed by atoms with Crippen LogP contribution in [0.15, 0.2) is 48.5 Å². The zero-order valence-corrected chi connectivity index (χ0v) is 12.8. The van der Waals surface area contributed by atoms with Gasteiger partial charge in [-0.15, -0.1) is 0 Å². The molecule has 6 nitrogen and oxygen atoms in total. The Bertz CT molecular complexity index is 955. The second kappa shape index (κ2) is 6.21. The van der Waals surface area contributed by atoms with Crippen LogP contribution in [0.3, 0.4) is 0 Å². The maximum Gasteiger partial charge on any atom is 0.294 e. The first-order valence-electron chi connectivity index (χ1n) is 6.76. The minimum absolute atomic E-state index is 0.0282. The van der Waals surface area contributed by atoms with Gasteiger partial charge in [0.25, 0.3) is 5.69 Å². The first-order valence-corrected chi connectivity index (χ1v) is 7.14. The van der Waals surface area contributed by atoms with E-state index in [1.165, 1.54) is 36.4 Å². The molecular formula is C16H9ClFN3O3. The molecule has 0 radical (unpaired) electrons. The lowest BCUT2D eigenvalue weighted by atomic mass is 10.1. The van der Waals surface area contributed by atoms with Gasteiger partial charge in [-0.2, -0.15) is 5.10 Å². The van der Waals surface area contributed by atoms with Crippen molar-refractivity contribution in [3.05, 3.63) is 75.2 Å². The lowest BCUT2D eigenvalue weighted by Crippen LogP contribution is -2.02. The van der Waals surface area contributed by atoms with Crippen LogP contribution in [0, 0.1) is 15.9 Å². The van der Waals surface area contributed by atoms with E-state index in [4.69, 9.17) is 11.6 Å². The van der Waals surface area contributed by atoms with Crippen LogP contribution in [0.25, 0.3) is 16.9 Å². The van der Waals surface area contributed by atoms with Gasteiger partial charge in [-0.1, -0.05) is 35.9 Å². The summed E-state index contributed by atoms with van der Waals surface area (Å²) in [5.74, 6) is -0.499. The van der Waals surface area contributed by atoms with Gasteiger partial charge in [0.2, 0.25) is 0 Å². The Labute approximate surface area is 140 Å². The Morgan fingerprint density at radius 2 is 1.96 bits per heavy atom. The summed E-state index contributed by atoms with van der Waals surface area (Å²) in [6, 6.07) is 11.3. The molecule has 1 heterocycles. The van der Waals surface area contributed by atoms with Gasteiger partial charge >= 0.3 is 0 Å². The highest BCUT2D eigenvalue weighted by Gasteiger charge is 2.23. The minimum Gasteiger partial charge on any atom is -0.298 e. The van der Waals surface area contributed by atoms with E-state index >= 15 is 0 Å². The van der Waals surface area contributed by atoms with E-state index in [1.807, 2.05) is 0 Å². The third-order valence-corrected chi connectivity index (χ3v) is 3.75. The minimum atomic E-state index is -0.574. The monoisotopic (exact) mass is 345 g/mol. The number of carbonyl (C=O) groups is 1. The number of aldehydes is 1. The van der Waals surface area contributed by atoms with Crippen LogP contribution < -0.4 is 0 Å². The number of rotatable bonds is 4. The fourth-order valence-corrected chi connectivity index (χ4v) is 2.58. The van der Waals surface area contributed by atoms with Crippen LogP contribution in [0.4, 0.5) is 10.1 Å². The first-order chi connectivity index (χ1) is 11.5. The molecule has 0 atom stereocenters. The van der Waals surface area contributed by atoms with Crippen molar-refractivity contribution in [3.63, 3.8) is 0 Å². The summed E-state index contributed by atoms with van der Waals surface area (Å²) in [5.41, 5.74) is 0.410. The highest BCUT2D eigenvalue weighted by Crippen LogP contribution is 2.32. The van der Waals surface area contributed by atoms with E-state index in [0.29, 0.717) is 11.8 Å². The molecule has 8 heteroatoms. The summed E-state index contributed by atoms with van der Waals surface area (Å²) >= 11 is 6.18. The summed E-state index contributed by atoms with van der Waals surface area (Å²) in [5, 5.41) is 15.3. The van der Waals surface area contributed by atoms with Crippen LogP contribution in [-0.2, 0) is 0 Å². The predicted octanol–water partition coefficient (Wildman–Crippen LogP) is 4.05. The SMILES string of the molecule is O=Cc1c(-c2cccc(F)c2)nn(-c2ccccc2[N+](=O)[O-])c1Cl. The fourth-order valence-electron chi connectivity index (χ4n) is 2.32. The van der Waals surface area contributed by atoms with Gasteiger partial charge in [-0.25, -0.2) is 9.07 Å². The lowest BCUT2D eigenvalue weighted by Gasteiger charge is -2.03. The summed E-state index contributed by atoms with van der Waals surface area (Å²) in [7, 11) is 0. The Morgan fingerprint density at radius 1 is 1.21 bits per heavy atom. The molecule has 0 aliphatic rings. The average Bonchev–Trinajstić information content (AvgIpc) is 2.91. The molecule has 3 aromatic rings. The second-order valence-corrected chi connectivity index (χ2v) is 5.20.